The molecule has 0 aliphatic carbocycles. The van der Waals surface area contributed by atoms with Crippen molar-refractivity contribution < 1.29 is 9.47 Å². The minimum absolute atomic E-state index is 0.178. The van der Waals surface area contributed by atoms with Crippen LogP contribution in [0.25, 0.3) is 0 Å². The highest BCUT2D eigenvalue weighted by Crippen LogP contribution is 2.32. The second kappa shape index (κ2) is 5.89. The third-order valence-corrected chi connectivity index (χ3v) is 2.86. The Morgan fingerprint density at radius 1 is 1.29 bits per heavy atom. The monoisotopic (exact) mass is 236 g/mol. The third-order valence-electron chi connectivity index (χ3n) is 2.86. The highest BCUT2D eigenvalue weighted by Gasteiger charge is 2.14. The molecule has 17 heavy (non-hydrogen) atoms. The Hall–Kier alpha value is -1.26. The molecule has 4 heteroatoms. The second-order valence-electron chi connectivity index (χ2n) is 4.10. The molecule has 0 aromatic heterocycles. The molecule has 0 fully saturated rings. The molecule has 0 saturated heterocycles. The zero-order chi connectivity index (χ0) is 12.1. The van der Waals surface area contributed by atoms with Crippen LogP contribution in [-0.4, -0.2) is 26.3 Å². The van der Waals surface area contributed by atoms with Crippen LogP contribution < -0.4 is 20.5 Å². The average Bonchev–Trinajstić information content (AvgIpc) is 2.60. The normalized spacial score (nSPS) is 16.4. The summed E-state index contributed by atoms with van der Waals surface area (Å²) in [4.78, 5) is 0. The van der Waals surface area contributed by atoms with Crippen LogP contribution in [0.15, 0.2) is 18.2 Å². The molecule has 1 aromatic carbocycles. The summed E-state index contributed by atoms with van der Waals surface area (Å²) < 4.78 is 11.3. The van der Waals surface area contributed by atoms with Crippen LogP contribution in [0.2, 0.25) is 0 Å². The van der Waals surface area contributed by atoms with E-state index >= 15 is 0 Å². The van der Waals surface area contributed by atoms with E-state index in [-0.39, 0.29) is 6.04 Å². The third kappa shape index (κ3) is 2.90. The summed E-state index contributed by atoms with van der Waals surface area (Å²) in [5, 5.41) is 3.35. The zero-order valence-corrected chi connectivity index (χ0v) is 10.2. The van der Waals surface area contributed by atoms with Crippen LogP contribution in [0.5, 0.6) is 11.5 Å². The number of hydrogen-bond acceptors (Lipinski definition) is 4. The topological polar surface area (TPSA) is 56.5 Å². The molecule has 0 spiro atoms. The Morgan fingerprint density at radius 3 is 2.76 bits per heavy atom. The van der Waals surface area contributed by atoms with Crippen LogP contribution in [0.3, 0.4) is 0 Å². The van der Waals surface area contributed by atoms with Crippen molar-refractivity contribution >= 4 is 0 Å². The van der Waals surface area contributed by atoms with Crippen molar-refractivity contribution in [1.29, 1.82) is 0 Å². The maximum absolute atomic E-state index is 5.76. The molecule has 3 N–H and O–H groups in total. The molecule has 0 radical (unpaired) electrons. The van der Waals surface area contributed by atoms with E-state index in [2.05, 4.69) is 12.2 Å². The standard InChI is InChI=1S/C13H20N2O2/c1-2-15-11(9-14)10-4-5-12-13(8-10)17-7-3-6-16-12/h4-5,8,11,15H,2-3,6-7,9,14H2,1H3. The van der Waals surface area contributed by atoms with Crippen LogP contribution >= 0.6 is 0 Å². The van der Waals surface area contributed by atoms with E-state index in [4.69, 9.17) is 15.2 Å². The van der Waals surface area contributed by atoms with E-state index in [1.54, 1.807) is 0 Å². The fourth-order valence-electron chi connectivity index (χ4n) is 1.98. The first-order valence-electron chi connectivity index (χ1n) is 6.18. The van der Waals surface area contributed by atoms with Gasteiger partial charge in [-0.25, -0.2) is 0 Å². The van der Waals surface area contributed by atoms with Gasteiger partial charge in [-0.1, -0.05) is 13.0 Å². The predicted octanol–water partition coefficient (Wildman–Crippen LogP) is 1.46. The number of ether oxygens (including phenoxy) is 2. The maximum atomic E-state index is 5.76. The van der Waals surface area contributed by atoms with E-state index in [9.17, 15) is 0 Å². The van der Waals surface area contributed by atoms with Gasteiger partial charge in [-0.15, -0.1) is 0 Å². The van der Waals surface area contributed by atoms with E-state index in [0.29, 0.717) is 13.2 Å². The molecule has 2 rings (SSSR count). The summed E-state index contributed by atoms with van der Waals surface area (Å²) in [6.45, 7) is 4.99. The van der Waals surface area contributed by atoms with E-state index < -0.39 is 0 Å². The number of likely N-dealkylation sites (N-methyl/N-ethyl adjacent to an activating group) is 1. The van der Waals surface area contributed by atoms with Crippen molar-refractivity contribution in [3.8, 4) is 11.5 Å². The number of rotatable bonds is 4. The number of nitrogens with two attached hydrogens (primary N) is 1. The molecule has 4 nitrogen and oxygen atoms in total. The zero-order valence-electron chi connectivity index (χ0n) is 10.2. The van der Waals surface area contributed by atoms with Crippen LogP contribution in [-0.2, 0) is 0 Å². The average molecular weight is 236 g/mol. The largest absolute Gasteiger partial charge is 0.490 e. The Bertz CT molecular complexity index is 368. The van der Waals surface area contributed by atoms with Crippen molar-refractivity contribution in [2.45, 2.75) is 19.4 Å². The molecule has 1 heterocycles. The quantitative estimate of drug-likeness (QED) is 0.831. The summed E-state index contributed by atoms with van der Waals surface area (Å²) in [5.74, 6) is 1.66. The summed E-state index contributed by atoms with van der Waals surface area (Å²) in [7, 11) is 0. The second-order valence-corrected chi connectivity index (χ2v) is 4.10. The minimum Gasteiger partial charge on any atom is -0.490 e. The lowest BCUT2D eigenvalue weighted by Crippen LogP contribution is -2.27. The predicted molar refractivity (Wildman–Crippen MR) is 67.5 cm³/mol. The molecule has 0 saturated carbocycles. The van der Waals surface area contributed by atoms with Gasteiger partial charge in [0.2, 0.25) is 0 Å². The summed E-state index contributed by atoms with van der Waals surface area (Å²) in [6.07, 6.45) is 0.928. The smallest absolute Gasteiger partial charge is 0.161 e. The highest BCUT2D eigenvalue weighted by atomic mass is 16.5. The molecule has 1 atom stereocenters. The molecule has 0 bridgehead atoms. The maximum Gasteiger partial charge on any atom is 0.161 e. The lowest BCUT2D eigenvalue weighted by Gasteiger charge is -2.17. The van der Waals surface area contributed by atoms with E-state index in [0.717, 1.165) is 36.6 Å². The first-order chi connectivity index (χ1) is 8.35. The first kappa shape index (κ1) is 12.2. The molecule has 1 aliphatic heterocycles. The van der Waals surface area contributed by atoms with Crippen molar-refractivity contribution in [3.63, 3.8) is 0 Å². The number of benzene rings is 1. The van der Waals surface area contributed by atoms with Gasteiger partial charge in [0.1, 0.15) is 0 Å². The Kier molecular flexibility index (Phi) is 4.23. The molecule has 0 amide bonds. The van der Waals surface area contributed by atoms with Gasteiger partial charge in [-0.3, -0.25) is 0 Å². The molecule has 94 valence electrons. The summed E-state index contributed by atoms with van der Waals surface area (Å²) in [5.41, 5.74) is 6.91. The van der Waals surface area contributed by atoms with Crippen molar-refractivity contribution in [2.75, 3.05) is 26.3 Å². The molecule has 1 unspecified atom stereocenters. The van der Waals surface area contributed by atoms with Crippen molar-refractivity contribution in [3.05, 3.63) is 23.8 Å². The van der Waals surface area contributed by atoms with Gasteiger partial charge >= 0.3 is 0 Å². The number of hydrogen-bond donors (Lipinski definition) is 2. The highest BCUT2D eigenvalue weighted by molar-refractivity contribution is 5.44. The minimum atomic E-state index is 0.178. The summed E-state index contributed by atoms with van der Waals surface area (Å²) >= 11 is 0. The van der Waals surface area contributed by atoms with Gasteiger partial charge in [-0.2, -0.15) is 0 Å². The number of nitrogens with one attached hydrogen (secondary N) is 1. The Morgan fingerprint density at radius 2 is 2.06 bits per heavy atom. The first-order valence-corrected chi connectivity index (χ1v) is 6.18. The Balaban J connectivity index is 2.21. The van der Waals surface area contributed by atoms with E-state index in [1.165, 1.54) is 0 Å². The van der Waals surface area contributed by atoms with Crippen molar-refractivity contribution in [1.82, 2.24) is 5.32 Å². The van der Waals surface area contributed by atoms with Gasteiger partial charge < -0.3 is 20.5 Å². The molecular weight excluding hydrogens is 216 g/mol. The Labute approximate surface area is 102 Å². The summed E-state index contributed by atoms with van der Waals surface area (Å²) in [6, 6.07) is 6.22. The fraction of sp³-hybridized carbons (Fsp3) is 0.538. The van der Waals surface area contributed by atoms with E-state index in [1.807, 2.05) is 18.2 Å². The SMILES string of the molecule is CCNC(CN)c1ccc2c(c1)OCCCO2. The van der Waals surface area contributed by atoms with Gasteiger partial charge in [0.25, 0.3) is 0 Å². The fourth-order valence-corrected chi connectivity index (χ4v) is 1.98. The number of fused-ring (bicyclic) bond motifs is 1. The van der Waals surface area contributed by atoms with Gasteiger partial charge in [0.05, 0.1) is 13.2 Å². The molecule has 1 aliphatic rings. The van der Waals surface area contributed by atoms with Crippen LogP contribution in [0, 0.1) is 0 Å². The van der Waals surface area contributed by atoms with Gasteiger partial charge in [0.15, 0.2) is 11.5 Å². The molecular formula is C13H20N2O2. The lowest BCUT2D eigenvalue weighted by atomic mass is 10.1. The van der Waals surface area contributed by atoms with Crippen molar-refractivity contribution in [2.24, 2.45) is 5.73 Å². The van der Waals surface area contributed by atoms with Gasteiger partial charge in [0, 0.05) is 19.0 Å². The van der Waals surface area contributed by atoms with Gasteiger partial charge in [-0.05, 0) is 24.2 Å². The molecule has 1 aromatic rings. The van der Waals surface area contributed by atoms with Crippen LogP contribution in [0.1, 0.15) is 24.9 Å². The lowest BCUT2D eigenvalue weighted by molar-refractivity contribution is 0.297. The van der Waals surface area contributed by atoms with Crippen LogP contribution in [0.4, 0.5) is 0 Å².